The van der Waals surface area contributed by atoms with E-state index in [2.05, 4.69) is 15.4 Å². The SMILES string of the molecule is CCOC(=O)Nc1nc2cccc(OCC3CCCO3)n2n1. The summed E-state index contributed by atoms with van der Waals surface area (Å²) in [6, 6.07) is 5.40. The number of ether oxygens (including phenoxy) is 3. The second kappa shape index (κ2) is 6.61. The first-order chi connectivity index (χ1) is 10.8. The highest BCUT2D eigenvalue weighted by Gasteiger charge is 2.17. The Hall–Kier alpha value is -2.35. The third-order valence-corrected chi connectivity index (χ3v) is 3.26. The number of aromatic nitrogens is 3. The Bertz CT molecular complexity index is 651. The summed E-state index contributed by atoms with van der Waals surface area (Å²) in [5, 5.41) is 6.68. The zero-order valence-electron chi connectivity index (χ0n) is 12.3. The molecule has 2 aromatic heterocycles. The van der Waals surface area contributed by atoms with E-state index in [1.54, 1.807) is 19.1 Å². The standard InChI is InChI=1S/C14H18N4O4/c1-2-20-14(19)16-13-15-11-6-3-7-12(18(11)17-13)22-9-10-5-4-8-21-10/h3,6-7,10H,2,4-5,8-9H2,1H3,(H,16,17,19). The number of amides is 1. The van der Waals surface area contributed by atoms with E-state index < -0.39 is 6.09 Å². The van der Waals surface area contributed by atoms with Crippen LogP contribution in [-0.4, -0.2) is 46.6 Å². The zero-order valence-corrected chi connectivity index (χ0v) is 12.3. The van der Waals surface area contributed by atoms with Crippen LogP contribution in [0, 0.1) is 0 Å². The highest BCUT2D eigenvalue weighted by Crippen LogP contribution is 2.18. The van der Waals surface area contributed by atoms with Crippen LogP contribution in [0.15, 0.2) is 18.2 Å². The van der Waals surface area contributed by atoms with Crippen molar-refractivity contribution >= 4 is 17.7 Å². The smallest absolute Gasteiger partial charge is 0.414 e. The molecule has 0 radical (unpaired) electrons. The summed E-state index contributed by atoms with van der Waals surface area (Å²) in [4.78, 5) is 15.6. The summed E-state index contributed by atoms with van der Waals surface area (Å²) in [6.45, 7) is 3.28. The molecule has 1 saturated heterocycles. The zero-order chi connectivity index (χ0) is 15.4. The van der Waals surface area contributed by atoms with Gasteiger partial charge in [-0.1, -0.05) is 6.07 Å². The molecule has 8 heteroatoms. The minimum Gasteiger partial charge on any atom is -0.475 e. The summed E-state index contributed by atoms with van der Waals surface area (Å²) in [5.41, 5.74) is 0.580. The van der Waals surface area contributed by atoms with Crippen LogP contribution in [0.25, 0.3) is 5.65 Å². The fourth-order valence-electron chi connectivity index (χ4n) is 2.26. The van der Waals surface area contributed by atoms with Crippen molar-refractivity contribution in [3.63, 3.8) is 0 Å². The van der Waals surface area contributed by atoms with Gasteiger partial charge in [-0.15, -0.1) is 5.10 Å². The van der Waals surface area contributed by atoms with Gasteiger partial charge in [-0.3, -0.25) is 5.32 Å². The van der Waals surface area contributed by atoms with Crippen LogP contribution < -0.4 is 10.1 Å². The molecule has 0 aromatic carbocycles. The van der Waals surface area contributed by atoms with Crippen LogP contribution >= 0.6 is 0 Å². The number of pyridine rings is 1. The van der Waals surface area contributed by atoms with Crippen molar-refractivity contribution in [1.82, 2.24) is 14.6 Å². The van der Waals surface area contributed by atoms with E-state index in [4.69, 9.17) is 14.2 Å². The lowest BCUT2D eigenvalue weighted by Gasteiger charge is -2.11. The van der Waals surface area contributed by atoms with Gasteiger partial charge in [0.1, 0.15) is 6.61 Å². The molecule has 22 heavy (non-hydrogen) atoms. The minimum absolute atomic E-state index is 0.121. The molecular formula is C14H18N4O4. The lowest BCUT2D eigenvalue weighted by Crippen LogP contribution is -2.17. The van der Waals surface area contributed by atoms with Crippen molar-refractivity contribution in [2.24, 2.45) is 0 Å². The van der Waals surface area contributed by atoms with Crippen molar-refractivity contribution < 1.29 is 19.0 Å². The molecule has 1 unspecified atom stereocenters. The summed E-state index contributed by atoms with van der Waals surface area (Å²) >= 11 is 0. The topological polar surface area (TPSA) is 87.0 Å². The first kappa shape index (κ1) is 14.6. The van der Waals surface area contributed by atoms with E-state index in [0.717, 1.165) is 19.4 Å². The fraction of sp³-hybridized carbons (Fsp3) is 0.500. The lowest BCUT2D eigenvalue weighted by atomic mass is 10.2. The second-order valence-electron chi connectivity index (χ2n) is 4.86. The van der Waals surface area contributed by atoms with Crippen molar-refractivity contribution in [2.45, 2.75) is 25.9 Å². The predicted molar refractivity (Wildman–Crippen MR) is 78.1 cm³/mol. The van der Waals surface area contributed by atoms with E-state index in [9.17, 15) is 4.79 Å². The molecule has 0 bridgehead atoms. The van der Waals surface area contributed by atoms with Gasteiger partial charge in [-0.2, -0.15) is 9.50 Å². The Balaban J connectivity index is 1.72. The van der Waals surface area contributed by atoms with E-state index in [-0.39, 0.29) is 18.7 Å². The predicted octanol–water partition coefficient (Wildman–Crippen LogP) is 1.86. The molecule has 8 nitrogen and oxygen atoms in total. The molecule has 2 aromatic rings. The quantitative estimate of drug-likeness (QED) is 0.907. The number of rotatable bonds is 5. The summed E-state index contributed by atoms with van der Waals surface area (Å²) in [5.74, 6) is 0.726. The molecule has 1 N–H and O–H groups in total. The van der Waals surface area contributed by atoms with Gasteiger partial charge in [-0.25, -0.2) is 4.79 Å². The highest BCUT2D eigenvalue weighted by atomic mass is 16.5. The number of carbonyl (C=O) groups is 1. The van der Waals surface area contributed by atoms with Gasteiger partial charge in [0.05, 0.1) is 12.7 Å². The molecule has 0 saturated carbocycles. The average molecular weight is 306 g/mol. The van der Waals surface area contributed by atoms with E-state index in [0.29, 0.717) is 18.1 Å². The highest BCUT2D eigenvalue weighted by molar-refractivity contribution is 5.82. The molecule has 0 aliphatic carbocycles. The van der Waals surface area contributed by atoms with E-state index in [1.165, 1.54) is 4.52 Å². The van der Waals surface area contributed by atoms with Crippen LogP contribution in [0.1, 0.15) is 19.8 Å². The maximum Gasteiger partial charge on any atom is 0.414 e. The van der Waals surface area contributed by atoms with Gasteiger partial charge in [0, 0.05) is 12.7 Å². The molecule has 3 rings (SSSR count). The van der Waals surface area contributed by atoms with Gasteiger partial charge >= 0.3 is 6.09 Å². The average Bonchev–Trinajstić information content (AvgIpc) is 3.14. The third kappa shape index (κ3) is 3.28. The van der Waals surface area contributed by atoms with Gasteiger partial charge < -0.3 is 14.2 Å². The first-order valence-electron chi connectivity index (χ1n) is 7.30. The molecule has 0 spiro atoms. The number of hydrogen-bond acceptors (Lipinski definition) is 6. The van der Waals surface area contributed by atoms with Crippen LogP contribution in [0.4, 0.5) is 10.7 Å². The second-order valence-corrected chi connectivity index (χ2v) is 4.86. The van der Waals surface area contributed by atoms with Gasteiger partial charge in [0.25, 0.3) is 5.95 Å². The van der Waals surface area contributed by atoms with Crippen LogP contribution in [0.2, 0.25) is 0 Å². The number of nitrogens with zero attached hydrogens (tertiary/aromatic N) is 3. The Morgan fingerprint density at radius 1 is 1.55 bits per heavy atom. The molecule has 1 atom stereocenters. The van der Waals surface area contributed by atoms with Crippen molar-refractivity contribution in [3.05, 3.63) is 18.2 Å². The first-order valence-corrected chi connectivity index (χ1v) is 7.30. The Morgan fingerprint density at radius 2 is 2.45 bits per heavy atom. The number of fused-ring (bicyclic) bond motifs is 1. The fourth-order valence-corrected chi connectivity index (χ4v) is 2.26. The van der Waals surface area contributed by atoms with E-state index >= 15 is 0 Å². The maximum absolute atomic E-state index is 11.4. The van der Waals surface area contributed by atoms with Crippen molar-refractivity contribution in [1.29, 1.82) is 0 Å². The van der Waals surface area contributed by atoms with Crippen LogP contribution in [-0.2, 0) is 9.47 Å². The number of carbonyl (C=O) groups excluding carboxylic acids is 1. The minimum atomic E-state index is -0.583. The third-order valence-electron chi connectivity index (χ3n) is 3.26. The largest absolute Gasteiger partial charge is 0.475 e. The van der Waals surface area contributed by atoms with Gasteiger partial charge in [0.15, 0.2) is 5.65 Å². The summed E-state index contributed by atoms with van der Waals surface area (Å²) < 4.78 is 17.6. The molecule has 1 aliphatic heterocycles. The number of nitrogens with one attached hydrogen (secondary N) is 1. The molecule has 118 valence electrons. The maximum atomic E-state index is 11.4. The molecule has 1 fully saturated rings. The number of hydrogen-bond donors (Lipinski definition) is 1. The molecule has 1 aliphatic rings. The number of anilines is 1. The monoisotopic (exact) mass is 306 g/mol. The van der Waals surface area contributed by atoms with Gasteiger partial charge in [0.2, 0.25) is 5.88 Å². The molecule has 3 heterocycles. The van der Waals surface area contributed by atoms with E-state index in [1.807, 2.05) is 6.07 Å². The summed E-state index contributed by atoms with van der Waals surface area (Å²) in [7, 11) is 0. The van der Waals surface area contributed by atoms with Crippen LogP contribution in [0.5, 0.6) is 5.88 Å². The van der Waals surface area contributed by atoms with Crippen LogP contribution in [0.3, 0.4) is 0 Å². The Kier molecular flexibility index (Phi) is 4.38. The van der Waals surface area contributed by atoms with Crippen molar-refractivity contribution in [2.75, 3.05) is 25.1 Å². The Morgan fingerprint density at radius 3 is 3.23 bits per heavy atom. The normalized spacial score (nSPS) is 17.6. The Labute approximate surface area is 127 Å². The van der Waals surface area contributed by atoms with Crippen molar-refractivity contribution in [3.8, 4) is 5.88 Å². The lowest BCUT2D eigenvalue weighted by molar-refractivity contribution is 0.0655. The van der Waals surface area contributed by atoms with Gasteiger partial charge in [-0.05, 0) is 25.8 Å². The molecule has 1 amide bonds. The summed E-state index contributed by atoms with van der Waals surface area (Å²) in [6.07, 6.45) is 1.61. The molecular weight excluding hydrogens is 288 g/mol.